The fourth-order valence-electron chi connectivity index (χ4n) is 3.32. The van der Waals surface area contributed by atoms with E-state index in [2.05, 4.69) is 22.4 Å². The van der Waals surface area contributed by atoms with Gasteiger partial charge in [-0.25, -0.2) is 4.98 Å². The monoisotopic (exact) mass is 325 g/mol. The predicted octanol–water partition coefficient (Wildman–Crippen LogP) is 3.19. The van der Waals surface area contributed by atoms with Gasteiger partial charge in [0.15, 0.2) is 0 Å². The van der Waals surface area contributed by atoms with Gasteiger partial charge >= 0.3 is 0 Å². The summed E-state index contributed by atoms with van der Waals surface area (Å²) in [5.74, 6) is -0.102. The topological polar surface area (TPSA) is 46.4 Å². The van der Waals surface area contributed by atoms with Crippen LogP contribution in [-0.2, 0) is 12.8 Å². The zero-order valence-electron chi connectivity index (χ0n) is 12.7. The lowest BCUT2D eigenvalue weighted by Gasteiger charge is -2.12. The molecule has 0 saturated heterocycles. The number of nitrogens with zero attached hydrogens (tertiary/aromatic N) is 2. The first-order valence-electron chi connectivity index (χ1n) is 7.63. The van der Waals surface area contributed by atoms with Crippen LogP contribution in [0.5, 0.6) is 0 Å². The van der Waals surface area contributed by atoms with E-state index >= 15 is 0 Å². The molecule has 1 amide bonds. The van der Waals surface area contributed by atoms with Crippen molar-refractivity contribution in [1.82, 2.24) is 14.7 Å². The van der Waals surface area contributed by atoms with E-state index in [1.165, 1.54) is 11.1 Å². The molecule has 2 heterocycles. The van der Waals surface area contributed by atoms with Crippen LogP contribution in [0.4, 0.5) is 0 Å². The Bertz CT molecular complexity index is 891. The van der Waals surface area contributed by atoms with Crippen LogP contribution >= 0.6 is 11.6 Å². The third-order valence-electron chi connectivity index (χ3n) is 4.36. The first-order valence-corrected chi connectivity index (χ1v) is 8.01. The smallest absolute Gasteiger partial charge is 0.270 e. The molecule has 23 heavy (non-hydrogen) atoms. The highest BCUT2D eigenvalue weighted by molar-refractivity contribution is 6.30. The SMILES string of the molecule is Cc1nc2ccc(Cl)cn2c1C(=O)NC1Cc2ccccc2C1. The molecule has 0 atom stereocenters. The number of hydrogen-bond acceptors (Lipinski definition) is 2. The van der Waals surface area contributed by atoms with E-state index in [1.807, 2.05) is 25.1 Å². The first kappa shape index (κ1) is 14.3. The lowest BCUT2D eigenvalue weighted by atomic mass is 10.1. The second-order valence-electron chi connectivity index (χ2n) is 5.97. The normalized spacial score (nSPS) is 14.2. The molecular formula is C18H16ClN3O. The molecule has 1 aliphatic rings. The Balaban J connectivity index is 1.61. The Labute approximate surface area is 139 Å². The summed E-state index contributed by atoms with van der Waals surface area (Å²) in [5, 5.41) is 3.72. The van der Waals surface area contributed by atoms with E-state index in [4.69, 9.17) is 11.6 Å². The van der Waals surface area contributed by atoms with E-state index in [9.17, 15) is 4.79 Å². The highest BCUT2D eigenvalue weighted by Crippen LogP contribution is 2.22. The van der Waals surface area contributed by atoms with E-state index in [1.54, 1.807) is 16.7 Å². The Morgan fingerprint density at radius 2 is 1.91 bits per heavy atom. The van der Waals surface area contributed by atoms with Crippen molar-refractivity contribution in [1.29, 1.82) is 0 Å². The van der Waals surface area contributed by atoms with Crippen molar-refractivity contribution < 1.29 is 4.79 Å². The van der Waals surface area contributed by atoms with Gasteiger partial charge in [-0.1, -0.05) is 35.9 Å². The van der Waals surface area contributed by atoms with Crippen molar-refractivity contribution in [3.05, 3.63) is 70.1 Å². The van der Waals surface area contributed by atoms with E-state index in [0.717, 1.165) is 18.5 Å². The molecule has 5 heteroatoms. The number of pyridine rings is 1. The van der Waals surface area contributed by atoms with E-state index in [-0.39, 0.29) is 11.9 Å². The molecule has 2 aromatic heterocycles. The third kappa shape index (κ3) is 2.49. The van der Waals surface area contributed by atoms with Gasteiger partial charge in [0.1, 0.15) is 11.3 Å². The zero-order chi connectivity index (χ0) is 16.0. The van der Waals surface area contributed by atoms with Gasteiger partial charge in [0, 0.05) is 12.2 Å². The Morgan fingerprint density at radius 3 is 2.61 bits per heavy atom. The van der Waals surface area contributed by atoms with Gasteiger partial charge < -0.3 is 5.32 Å². The van der Waals surface area contributed by atoms with Crippen molar-refractivity contribution in [2.45, 2.75) is 25.8 Å². The lowest BCUT2D eigenvalue weighted by molar-refractivity contribution is 0.0932. The van der Waals surface area contributed by atoms with Gasteiger partial charge in [-0.3, -0.25) is 9.20 Å². The average molecular weight is 326 g/mol. The van der Waals surface area contributed by atoms with Crippen LogP contribution in [0.15, 0.2) is 42.6 Å². The summed E-state index contributed by atoms with van der Waals surface area (Å²) < 4.78 is 1.76. The number of halogens is 1. The molecule has 1 aliphatic carbocycles. The molecular weight excluding hydrogens is 310 g/mol. The van der Waals surface area contributed by atoms with Crippen LogP contribution in [0.3, 0.4) is 0 Å². The lowest BCUT2D eigenvalue weighted by Crippen LogP contribution is -2.36. The number of aromatic nitrogens is 2. The van der Waals surface area contributed by atoms with Crippen LogP contribution < -0.4 is 5.32 Å². The fraction of sp³-hybridized carbons (Fsp3) is 0.222. The van der Waals surface area contributed by atoms with Crippen LogP contribution in [0.2, 0.25) is 5.02 Å². The summed E-state index contributed by atoms with van der Waals surface area (Å²) in [6, 6.07) is 12.1. The summed E-state index contributed by atoms with van der Waals surface area (Å²) >= 11 is 6.06. The molecule has 4 rings (SSSR count). The molecule has 0 fully saturated rings. The maximum atomic E-state index is 12.7. The molecule has 0 aliphatic heterocycles. The molecule has 3 aromatic rings. The van der Waals surface area contributed by atoms with Crippen LogP contribution in [0, 0.1) is 6.92 Å². The molecule has 0 radical (unpaired) electrons. The molecule has 0 bridgehead atoms. The number of amides is 1. The summed E-state index contributed by atoms with van der Waals surface area (Å²) in [4.78, 5) is 17.2. The molecule has 1 aromatic carbocycles. The highest BCUT2D eigenvalue weighted by atomic mass is 35.5. The van der Waals surface area contributed by atoms with Gasteiger partial charge in [-0.15, -0.1) is 0 Å². The van der Waals surface area contributed by atoms with Crippen LogP contribution in [0.25, 0.3) is 5.65 Å². The second kappa shape index (κ2) is 5.39. The summed E-state index contributed by atoms with van der Waals surface area (Å²) in [6.45, 7) is 1.85. The predicted molar refractivity (Wildman–Crippen MR) is 90.0 cm³/mol. The molecule has 116 valence electrons. The average Bonchev–Trinajstić information content (AvgIpc) is 3.06. The zero-order valence-corrected chi connectivity index (χ0v) is 13.5. The number of imidazole rings is 1. The molecule has 1 N–H and O–H groups in total. The highest BCUT2D eigenvalue weighted by Gasteiger charge is 2.25. The second-order valence-corrected chi connectivity index (χ2v) is 6.41. The van der Waals surface area contributed by atoms with E-state index < -0.39 is 0 Å². The van der Waals surface area contributed by atoms with Crippen molar-refractivity contribution in [2.24, 2.45) is 0 Å². The quantitative estimate of drug-likeness (QED) is 0.786. The minimum absolute atomic E-state index is 0.102. The first-order chi connectivity index (χ1) is 11.1. The molecule has 0 saturated carbocycles. The number of carbonyl (C=O) groups excluding carboxylic acids is 1. The number of fused-ring (bicyclic) bond motifs is 2. The van der Waals surface area contributed by atoms with Gasteiger partial charge in [-0.05, 0) is 43.0 Å². The summed E-state index contributed by atoms with van der Waals surface area (Å²) in [5.41, 5.74) is 4.62. The number of rotatable bonds is 2. The number of nitrogens with one attached hydrogen (secondary N) is 1. The largest absolute Gasteiger partial charge is 0.347 e. The van der Waals surface area contributed by atoms with Crippen molar-refractivity contribution in [3.8, 4) is 0 Å². The Hall–Kier alpha value is -2.33. The Kier molecular flexibility index (Phi) is 3.34. The van der Waals surface area contributed by atoms with Gasteiger partial charge in [-0.2, -0.15) is 0 Å². The number of aryl methyl sites for hydroxylation is 1. The van der Waals surface area contributed by atoms with Crippen LogP contribution in [-0.4, -0.2) is 21.3 Å². The number of hydrogen-bond donors (Lipinski definition) is 1. The fourth-order valence-corrected chi connectivity index (χ4v) is 3.49. The molecule has 0 spiro atoms. The summed E-state index contributed by atoms with van der Waals surface area (Å²) in [7, 11) is 0. The van der Waals surface area contributed by atoms with Gasteiger partial charge in [0.05, 0.1) is 10.7 Å². The Morgan fingerprint density at radius 1 is 1.22 bits per heavy atom. The van der Waals surface area contributed by atoms with Crippen molar-refractivity contribution in [3.63, 3.8) is 0 Å². The maximum absolute atomic E-state index is 12.7. The molecule has 0 unspecified atom stereocenters. The minimum Gasteiger partial charge on any atom is -0.347 e. The summed E-state index contributed by atoms with van der Waals surface area (Å²) in [6.07, 6.45) is 3.48. The third-order valence-corrected chi connectivity index (χ3v) is 4.58. The standard InChI is InChI=1S/C18H16ClN3O/c1-11-17(22-10-14(19)6-7-16(22)20-11)18(23)21-15-8-12-4-2-3-5-13(12)9-15/h2-7,10,15H,8-9H2,1H3,(H,21,23). The maximum Gasteiger partial charge on any atom is 0.270 e. The molecule has 4 nitrogen and oxygen atoms in total. The van der Waals surface area contributed by atoms with Gasteiger partial charge in [0.25, 0.3) is 5.91 Å². The van der Waals surface area contributed by atoms with E-state index in [0.29, 0.717) is 16.4 Å². The van der Waals surface area contributed by atoms with Crippen molar-refractivity contribution in [2.75, 3.05) is 0 Å². The number of benzene rings is 1. The van der Waals surface area contributed by atoms with Crippen LogP contribution in [0.1, 0.15) is 27.3 Å². The van der Waals surface area contributed by atoms with Crippen molar-refractivity contribution >= 4 is 23.2 Å². The number of carbonyl (C=O) groups is 1. The minimum atomic E-state index is -0.102. The van der Waals surface area contributed by atoms with Gasteiger partial charge in [0.2, 0.25) is 0 Å².